The lowest BCUT2D eigenvalue weighted by Crippen LogP contribution is -1.97. The fourth-order valence-electron chi connectivity index (χ4n) is 2.43. The standard InChI is InChI=1S/C18H16FN/c1-12(2)16-11-14-10-15(19)8-9-17(14)20-18(16)13-6-4-3-5-7-13/h3-12H,1-2H3. The van der Waals surface area contributed by atoms with Crippen LogP contribution >= 0.6 is 0 Å². The largest absolute Gasteiger partial charge is 0.247 e. The summed E-state index contributed by atoms with van der Waals surface area (Å²) < 4.78 is 13.4. The summed E-state index contributed by atoms with van der Waals surface area (Å²) in [6, 6.07) is 16.9. The summed E-state index contributed by atoms with van der Waals surface area (Å²) >= 11 is 0. The quantitative estimate of drug-likeness (QED) is 0.623. The Balaban J connectivity index is 2.30. The van der Waals surface area contributed by atoms with Gasteiger partial charge in [0.15, 0.2) is 0 Å². The summed E-state index contributed by atoms with van der Waals surface area (Å²) in [6.07, 6.45) is 0. The van der Waals surface area contributed by atoms with Crippen molar-refractivity contribution < 1.29 is 4.39 Å². The van der Waals surface area contributed by atoms with Crippen molar-refractivity contribution in [2.75, 3.05) is 0 Å². The number of fused-ring (bicyclic) bond motifs is 1. The van der Waals surface area contributed by atoms with Crippen molar-refractivity contribution in [1.29, 1.82) is 0 Å². The van der Waals surface area contributed by atoms with E-state index in [1.54, 1.807) is 12.1 Å². The molecule has 2 heteroatoms. The van der Waals surface area contributed by atoms with Crippen LogP contribution in [0.2, 0.25) is 0 Å². The number of benzene rings is 2. The molecule has 0 amide bonds. The van der Waals surface area contributed by atoms with Gasteiger partial charge in [-0.05, 0) is 35.7 Å². The topological polar surface area (TPSA) is 12.9 Å². The van der Waals surface area contributed by atoms with E-state index in [0.717, 1.165) is 27.7 Å². The van der Waals surface area contributed by atoms with E-state index in [9.17, 15) is 4.39 Å². The van der Waals surface area contributed by atoms with Crippen LogP contribution in [0, 0.1) is 5.82 Å². The molecule has 1 heterocycles. The van der Waals surface area contributed by atoms with Crippen LogP contribution in [0.3, 0.4) is 0 Å². The molecule has 0 atom stereocenters. The molecule has 1 nitrogen and oxygen atoms in total. The van der Waals surface area contributed by atoms with Gasteiger partial charge in [0.25, 0.3) is 0 Å². The highest BCUT2D eigenvalue weighted by Crippen LogP contribution is 2.30. The van der Waals surface area contributed by atoms with Crippen LogP contribution in [-0.2, 0) is 0 Å². The van der Waals surface area contributed by atoms with Crippen LogP contribution in [0.4, 0.5) is 4.39 Å². The summed E-state index contributed by atoms with van der Waals surface area (Å²) in [7, 11) is 0. The summed E-state index contributed by atoms with van der Waals surface area (Å²) in [5, 5.41) is 0.855. The van der Waals surface area contributed by atoms with Gasteiger partial charge >= 0.3 is 0 Å². The highest BCUT2D eigenvalue weighted by Gasteiger charge is 2.12. The molecule has 3 rings (SSSR count). The first-order valence-corrected chi connectivity index (χ1v) is 6.81. The van der Waals surface area contributed by atoms with E-state index in [1.165, 1.54) is 6.07 Å². The minimum atomic E-state index is -0.221. The second-order valence-corrected chi connectivity index (χ2v) is 5.28. The van der Waals surface area contributed by atoms with Gasteiger partial charge in [-0.15, -0.1) is 0 Å². The van der Waals surface area contributed by atoms with Crippen molar-refractivity contribution in [3.05, 3.63) is 66.0 Å². The molecule has 3 aromatic rings. The predicted molar refractivity (Wildman–Crippen MR) is 81.2 cm³/mol. The summed E-state index contributed by atoms with van der Waals surface area (Å²) in [6.45, 7) is 4.27. The van der Waals surface area contributed by atoms with Gasteiger partial charge in [-0.3, -0.25) is 0 Å². The number of nitrogens with zero attached hydrogens (tertiary/aromatic N) is 1. The number of pyridine rings is 1. The van der Waals surface area contributed by atoms with Crippen LogP contribution in [0.15, 0.2) is 54.6 Å². The van der Waals surface area contributed by atoms with E-state index in [-0.39, 0.29) is 5.82 Å². The number of rotatable bonds is 2. The summed E-state index contributed by atoms with van der Waals surface area (Å²) in [4.78, 5) is 4.74. The van der Waals surface area contributed by atoms with Gasteiger partial charge in [0.2, 0.25) is 0 Å². The Bertz CT molecular complexity index is 748. The summed E-state index contributed by atoms with van der Waals surface area (Å²) in [5.41, 5.74) is 4.06. The third-order valence-electron chi connectivity index (χ3n) is 3.48. The van der Waals surface area contributed by atoms with Gasteiger partial charge in [0, 0.05) is 10.9 Å². The van der Waals surface area contributed by atoms with E-state index < -0.39 is 0 Å². The molecule has 2 aromatic carbocycles. The highest BCUT2D eigenvalue weighted by atomic mass is 19.1. The minimum absolute atomic E-state index is 0.221. The van der Waals surface area contributed by atoms with Crippen molar-refractivity contribution in [1.82, 2.24) is 4.98 Å². The smallest absolute Gasteiger partial charge is 0.123 e. The van der Waals surface area contributed by atoms with E-state index >= 15 is 0 Å². The second-order valence-electron chi connectivity index (χ2n) is 5.28. The molecule has 0 saturated carbocycles. The predicted octanol–water partition coefficient (Wildman–Crippen LogP) is 5.16. The van der Waals surface area contributed by atoms with Crippen molar-refractivity contribution in [2.45, 2.75) is 19.8 Å². The van der Waals surface area contributed by atoms with Gasteiger partial charge in [0.1, 0.15) is 5.82 Å². The van der Waals surface area contributed by atoms with E-state index in [4.69, 9.17) is 4.98 Å². The third-order valence-corrected chi connectivity index (χ3v) is 3.48. The number of halogens is 1. The van der Waals surface area contributed by atoms with Crippen molar-refractivity contribution in [3.63, 3.8) is 0 Å². The molecular weight excluding hydrogens is 249 g/mol. The molecule has 100 valence electrons. The average molecular weight is 265 g/mol. The van der Waals surface area contributed by atoms with Crippen LogP contribution in [-0.4, -0.2) is 4.98 Å². The maximum Gasteiger partial charge on any atom is 0.123 e. The second kappa shape index (κ2) is 5.04. The monoisotopic (exact) mass is 265 g/mol. The fourth-order valence-corrected chi connectivity index (χ4v) is 2.43. The average Bonchev–Trinajstić information content (AvgIpc) is 2.46. The zero-order chi connectivity index (χ0) is 14.1. The maximum atomic E-state index is 13.4. The fraction of sp³-hybridized carbons (Fsp3) is 0.167. The number of aromatic nitrogens is 1. The van der Waals surface area contributed by atoms with Crippen molar-refractivity contribution in [3.8, 4) is 11.3 Å². The van der Waals surface area contributed by atoms with E-state index in [2.05, 4.69) is 32.0 Å². The molecule has 0 aliphatic heterocycles. The Morgan fingerprint density at radius 3 is 2.40 bits per heavy atom. The Morgan fingerprint density at radius 2 is 1.70 bits per heavy atom. The zero-order valence-corrected chi connectivity index (χ0v) is 11.6. The molecule has 1 aromatic heterocycles. The molecule has 20 heavy (non-hydrogen) atoms. The minimum Gasteiger partial charge on any atom is -0.247 e. The Labute approximate surface area is 118 Å². The van der Waals surface area contributed by atoms with Gasteiger partial charge in [-0.2, -0.15) is 0 Å². The molecule has 0 saturated heterocycles. The molecule has 0 aliphatic carbocycles. The molecule has 0 aliphatic rings. The molecular formula is C18H16FN. The van der Waals surface area contributed by atoms with Gasteiger partial charge in [0.05, 0.1) is 11.2 Å². The lowest BCUT2D eigenvalue weighted by atomic mass is 9.95. The molecule has 0 fully saturated rings. The molecule has 0 N–H and O–H groups in total. The Morgan fingerprint density at radius 1 is 0.950 bits per heavy atom. The highest BCUT2D eigenvalue weighted by molar-refractivity contribution is 5.83. The lowest BCUT2D eigenvalue weighted by molar-refractivity contribution is 0.629. The van der Waals surface area contributed by atoms with Crippen LogP contribution < -0.4 is 0 Å². The van der Waals surface area contributed by atoms with Crippen LogP contribution in [0.25, 0.3) is 22.2 Å². The number of hydrogen-bond donors (Lipinski definition) is 0. The molecule has 0 unspecified atom stereocenters. The third kappa shape index (κ3) is 2.29. The first-order chi connectivity index (χ1) is 9.65. The van der Waals surface area contributed by atoms with Gasteiger partial charge < -0.3 is 0 Å². The molecule has 0 bridgehead atoms. The molecule has 0 spiro atoms. The normalized spacial score (nSPS) is 11.2. The van der Waals surface area contributed by atoms with E-state index in [0.29, 0.717) is 5.92 Å². The Kier molecular flexibility index (Phi) is 3.23. The van der Waals surface area contributed by atoms with Crippen LogP contribution in [0.5, 0.6) is 0 Å². The Hall–Kier alpha value is -2.22. The lowest BCUT2D eigenvalue weighted by Gasteiger charge is -2.14. The SMILES string of the molecule is CC(C)c1cc2cc(F)ccc2nc1-c1ccccc1. The van der Waals surface area contributed by atoms with Gasteiger partial charge in [-0.25, -0.2) is 9.37 Å². The zero-order valence-electron chi connectivity index (χ0n) is 11.6. The van der Waals surface area contributed by atoms with Crippen molar-refractivity contribution >= 4 is 10.9 Å². The first-order valence-electron chi connectivity index (χ1n) is 6.81. The van der Waals surface area contributed by atoms with Crippen LogP contribution in [0.1, 0.15) is 25.3 Å². The molecule has 0 radical (unpaired) electrons. The first kappa shape index (κ1) is 12.8. The maximum absolute atomic E-state index is 13.4. The van der Waals surface area contributed by atoms with Gasteiger partial charge in [-0.1, -0.05) is 44.2 Å². The number of hydrogen-bond acceptors (Lipinski definition) is 1. The summed E-state index contributed by atoms with van der Waals surface area (Å²) in [5.74, 6) is 0.117. The van der Waals surface area contributed by atoms with E-state index in [1.807, 2.05) is 18.2 Å². The van der Waals surface area contributed by atoms with Crippen molar-refractivity contribution in [2.24, 2.45) is 0 Å².